The topological polar surface area (TPSA) is 15.3 Å². The Labute approximate surface area is 96.4 Å². The molecule has 0 bridgehead atoms. The Kier molecular flexibility index (Phi) is 4.53. The van der Waals surface area contributed by atoms with Crippen molar-refractivity contribution in [3.05, 3.63) is 0 Å². The minimum Gasteiger partial charge on any atom is -0.311 e. The zero-order valence-corrected chi connectivity index (χ0v) is 9.80. The van der Waals surface area contributed by atoms with Crippen LogP contribution in [0.1, 0.15) is 32.1 Å². The Balaban J connectivity index is 1.80. The molecule has 4 heteroatoms. The molecule has 2 fully saturated rings. The van der Waals surface area contributed by atoms with Crippen LogP contribution in [0.5, 0.6) is 0 Å². The Morgan fingerprint density at radius 1 is 1.19 bits per heavy atom. The van der Waals surface area contributed by atoms with Gasteiger partial charge in [-0.3, -0.25) is 4.90 Å². The van der Waals surface area contributed by atoms with Gasteiger partial charge in [-0.05, 0) is 18.8 Å². The average Bonchev–Trinajstić information content (AvgIpc) is 2.30. The maximum Gasteiger partial charge on any atom is 0.251 e. The summed E-state index contributed by atoms with van der Waals surface area (Å²) in [6.07, 6.45) is 4.35. The maximum absolute atomic E-state index is 12.3. The van der Waals surface area contributed by atoms with Gasteiger partial charge < -0.3 is 5.32 Å². The number of nitrogens with one attached hydrogen (secondary N) is 1. The van der Waals surface area contributed by atoms with Gasteiger partial charge in [0.2, 0.25) is 0 Å². The van der Waals surface area contributed by atoms with E-state index < -0.39 is 6.43 Å². The fraction of sp³-hybridized carbons (Fsp3) is 1.00. The second-order valence-electron chi connectivity index (χ2n) is 5.11. The van der Waals surface area contributed by atoms with Crippen LogP contribution < -0.4 is 5.32 Å². The number of hydrogen-bond donors (Lipinski definition) is 1. The molecule has 1 saturated carbocycles. The lowest BCUT2D eigenvalue weighted by molar-refractivity contribution is 0.0617. The van der Waals surface area contributed by atoms with Gasteiger partial charge in [-0.1, -0.05) is 19.3 Å². The highest BCUT2D eigenvalue weighted by molar-refractivity contribution is 4.85. The quantitative estimate of drug-likeness (QED) is 0.801. The molecule has 1 aliphatic heterocycles. The molecular formula is C12H22F2N2. The van der Waals surface area contributed by atoms with Gasteiger partial charge >= 0.3 is 0 Å². The first-order chi connectivity index (χ1) is 7.75. The number of rotatable bonds is 3. The second kappa shape index (κ2) is 5.92. The normalized spacial score (nSPS) is 29.8. The molecule has 1 unspecified atom stereocenters. The molecular weight excluding hydrogens is 210 g/mol. The average molecular weight is 232 g/mol. The molecule has 0 aromatic carbocycles. The molecule has 1 saturated heterocycles. The van der Waals surface area contributed by atoms with E-state index in [0.29, 0.717) is 12.0 Å². The summed E-state index contributed by atoms with van der Waals surface area (Å²) in [7, 11) is 0. The van der Waals surface area contributed by atoms with E-state index in [2.05, 4.69) is 5.32 Å². The van der Waals surface area contributed by atoms with Gasteiger partial charge in [0.15, 0.2) is 0 Å². The molecule has 1 N–H and O–H groups in total. The van der Waals surface area contributed by atoms with Gasteiger partial charge in [0.25, 0.3) is 6.43 Å². The molecule has 94 valence electrons. The molecule has 0 radical (unpaired) electrons. The smallest absolute Gasteiger partial charge is 0.251 e. The third-order valence-corrected chi connectivity index (χ3v) is 3.90. The minimum atomic E-state index is -2.19. The van der Waals surface area contributed by atoms with E-state index in [4.69, 9.17) is 0 Å². The third-order valence-electron chi connectivity index (χ3n) is 3.90. The number of piperazine rings is 1. The summed E-state index contributed by atoms with van der Waals surface area (Å²) < 4.78 is 24.7. The molecule has 1 aliphatic carbocycles. The number of hydrogen-bond acceptors (Lipinski definition) is 2. The summed E-state index contributed by atoms with van der Waals surface area (Å²) in [5, 5.41) is 3.51. The van der Waals surface area contributed by atoms with Crippen molar-refractivity contribution in [1.29, 1.82) is 0 Å². The zero-order valence-electron chi connectivity index (χ0n) is 9.80. The Morgan fingerprint density at radius 3 is 2.62 bits per heavy atom. The lowest BCUT2D eigenvalue weighted by Crippen LogP contribution is -2.54. The predicted molar refractivity (Wildman–Crippen MR) is 60.8 cm³/mol. The second-order valence-corrected chi connectivity index (χ2v) is 5.11. The van der Waals surface area contributed by atoms with Gasteiger partial charge in [-0.15, -0.1) is 0 Å². The van der Waals surface area contributed by atoms with E-state index in [1.54, 1.807) is 0 Å². The molecule has 0 aromatic rings. The van der Waals surface area contributed by atoms with Gasteiger partial charge in [-0.2, -0.15) is 0 Å². The lowest BCUT2D eigenvalue weighted by atomic mass is 9.83. The fourth-order valence-corrected chi connectivity index (χ4v) is 3.06. The molecule has 0 spiro atoms. The van der Waals surface area contributed by atoms with Crippen LogP contribution in [0.4, 0.5) is 8.78 Å². The highest BCUT2D eigenvalue weighted by Gasteiger charge is 2.28. The SMILES string of the molecule is FC(F)CN1CCNC(C2CCCCC2)C1. The third kappa shape index (κ3) is 3.39. The highest BCUT2D eigenvalue weighted by atomic mass is 19.3. The molecule has 1 atom stereocenters. The molecule has 2 nitrogen and oxygen atoms in total. The molecule has 0 aromatic heterocycles. The van der Waals surface area contributed by atoms with Crippen LogP contribution in [0.15, 0.2) is 0 Å². The van der Waals surface area contributed by atoms with E-state index in [-0.39, 0.29) is 6.54 Å². The summed E-state index contributed by atoms with van der Waals surface area (Å²) in [4.78, 5) is 1.92. The zero-order chi connectivity index (χ0) is 11.4. The van der Waals surface area contributed by atoms with Gasteiger partial charge in [0.05, 0.1) is 6.54 Å². The summed E-state index contributed by atoms with van der Waals surface area (Å²) in [5.74, 6) is 0.717. The molecule has 2 aliphatic rings. The van der Waals surface area contributed by atoms with Crippen molar-refractivity contribution in [1.82, 2.24) is 10.2 Å². The summed E-state index contributed by atoms with van der Waals surface area (Å²) >= 11 is 0. The highest BCUT2D eigenvalue weighted by Crippen LogP contribution is 2.27. The Bertz CT molecular complexity index is 205. The van der Waals surface area contributed by atoms with Gasteiger partial charge in [-0.25, -0.2) is 8.78 Å². The van der Waals surface area contributed by atoms with Gasteiger partial charge in [0, 0.05) is 25.7 Å². The van der Waals surface area contributed by atoms with Crippen LogP contribution in [-0.2, 0) is 0 Å². The van der Waals surface area contributed by atoms with Crippen molar-refractivity contribution in [2.75, 3.05) is 26.2 Å². The van der Waals surface area contributed by atoms with Crippen molar-refractivity contribution in [2.24, 2.45) is 5.92 Å². The largest absolute Gasteiger partial charge is 0.311 e. The first-order valence-electron chi connectivity index (χ1n) is 6.49. The first-order valence-corrected chi connectivity index (χ1v) is 6.49. The van der Waals surface area contributed by atoms with Crippen LogP contribution in [0.25, 0.3) is 0 Å². The van der Waals surface area contributed by atoms with Crippen molar-refractivity contribution in [2.45, 2.75) is 44.6 Å². The maximum atomic E-state index is 12.3. The van der Waals surface area contributed by atoms with Crippen LogP contribution in [-0.4, -0.2) is 43.5 Å². The van der Waals surface area contributed by atoms with Crippen LogP contribution in [0, 0.1) is 5.92 Å². The molecule has 2 rings (SSSR count). The Morgan fingerprint density at radius 2 is 1.94 bits per heavy atom. The van der Waals surface area contributed by atoms with Crippen molar-refractivity contribution in [3.63, 3.8) is 0 Å². The number of alkyl halides is 2. The standard InChI is InChI=1S/C12H22F2N2/c13-12(14)9-16-7-6-15-11(8-16)10-4-2-1-3-5-10/h10-12,15H,1-9H2. The van der Waals surface area contributed by atoms with E-state index >= 15 is 0 Å². The van der Waals surface area contributed by atoms with Crippen molar-refractivity contribution in [3.8, 4) is 0 Å². The van der Waals surface area contributed by atoms with E-state index in [1.165, 1.54) is 32.1 Å². The molecule has 1 heterocycles. The Hall–Kier alpha value is -0.220. The predicted octanol–water partition coefficient (Wildman–Crippen LogP) is 2.11. The minimum absolute atomic E-state index is 0.0507. The van der Waals surface area contributed by atoms with E-state index in [9.17, 15) is 8.78 Å². The summed E-state index contributed by atoms with van der Waals surface area (Å²) in [6, 6.07) is 0.452. The summed E-state index contributed by atoms with van der Waals surface area (Å²) in [5.41, 5.74) is 0. The molecule has 16 heavy (non-hydrogen) atoms. The van der Waals surface area contributed by atoms with Crippen LogP contribution >= 0.6 is 0 Å². The number of halogens is 2. The fourth-order valence-electron chi connectivity index (χ4n) is 3.06. The van der Waals surface area contributed by atoms with E-state index in [1.807, 2.05) is 4.90 Å². The van der Waals surface area contributed by atoms with Crippen molar-refractivity contribution >= 4 is 0 Å². The monoisotopic (exact) mass is 232 g/mol. The first kappa shape index (κ1) is 12.2. The van der Waals surface area contributed by atoms with Crippen LogP contribution in [0.2, 0.25) is 0 Å². The van der Waals surface area contributed by atoms with Crippen molar-refractivity contribution < 1.29 is 8.78 Å². The van der Waals surface area contributed by atoms with Crippen LogP contribution in [0.3, 0.4) is 0 Å². The van der Waals surface area contributed by atoms with E-state index in [0.717, 1.165) is 19.6 Å². The molecule has 0 amide bonds. The number of nitrogens with zero attached hydrogens (tertiary/aromatic N) is 1. The summed E-state index contributed by atoms with van der Waals surface area (Å²) in [6.45, 7) is 2.40. The lowest BCUT2D eigenvalue weighted by Gasteiger charge is -2.39. The van der Waals surface area contributed by atoms with Gasteiger partial charge in [0.1, 0.15) is 0 Å².